The van der Waals surface area contributed by atoms with Gasteiger partial charge in [-0.05, 0) is 30.2 Å². The second-order valence-corrected chi connectivity index (χ2v) is 6.34. The molecule has 0 atom stereocenters. The van der Waals surface area contributed by atoms with Crippen molar-refractivity contribution >= 4 is 27.5 Å². The highest BCUT2D eigenvalue weighted by atomic mass is 32.1. The number of ether oxygens (including phenoxy) is 1. The number of aromatic nitrogens is 2. The van der Waals surface area contributed by atoms with Gasteiger partial charge in [-0.15, -0.1) is 11.3 Å². The molecular weight excluding hydrogens is 326 g/mol. The van der Waals surface area contributed by atoms with Gasteiger partial charge in [0, 0.05) is 4.88 Å². The monoisotopic (exact) mass is 343 g/mol. The van der Waals surface area contributed by atoms with Crippen LogP contribution in [0.15, 0.2) is 41.5 Å². The quantitative estimate of drug-likeness (QED) is 0.719. The Morgan fingerprint density at radius 1 is 1.33 bits per heavy atom. The van der Waals surface area contributed by atoms with Crippen molar-refractivity contribution in [3.8, 4) is 5.75 Å². The Labute approximate surface area is 142 Å². The van der Waals surface area contributed by atoms with Gasteiger partial charge in [-0.2, -0.15) is 0 Å². The van der Waals surface area contributed by atoms with Crippen molar-refractivity contribution in [3.63, 3.8) is 0 Å². The molecule has 6 nitrogen and oxygen atoms in total. The number of H-pyrrole nitrogens is 1. The highest BCUT2D eigenvalue weighted by Gasteiger charge is 2.08. The first-order valence-corrected chi connectivity index (χ1v) is 8.42. The summed E-state index contributed by atoms with van der Waals surface area (Å²) in [6.45, 7) is 2.38. The maximum atomic E-state index is 11.9. The molecule has 0 saturated heterocycles. The van der Waals surface area contributed by atoms with Crippen molar-refractivity contribution in [2.24, 2.45) is 0 Å². The fraction of sp³-hybridized carbons (Fsp3) is 0.235. The van der Waals surface area contributed by atoms with E-state index in [2.05, 4.69) is 22.2 Å². The third-order valence-corrected chi connectivity index (χ3v) is 4.59. The van der Waals surface area contributed by atoms with Crippen LogP contribution in [-0.4, -0.2) is 22.5 Å². The molecule has 0 radical (unpaired) electrons. The van der Waals surface area contributed by atoms with E-state index in [4.69, 9.17) is 4.74 Å². The lowest BCUT2D eigenvalue weighted by Crippen LogP contribution is -2.28. The lowest BCUT2D eigenvalue weighted by Gasteiger charge is -2.07. The first-order valence-electron chi connectivity index (χ1n) is 7.60. The fourth-order valence-electron chi connectivity index (χ4n) is 2.21. The standard InChI is InChI=1S/C17H17N3O3S/c1-2-11-3-5-12(6-4-11)23-9-15(21)18-8-13-7-14-16(22)19-10-20-17(14)24-13/h3-7,10H,2,8-9H2,1H3,(H,18,21)(H,19,20,22). The number of aromatic amines is 1. The van der Waals surface area contributed by atoms with E-state index in [0.29, 0.717) is 22.5 Å². The number of thiophene rings is 1. The molecule has 3 rings (SSSR count). The number of rotatable bonds is 6. The average Bonchev–Trinajstić information content (AvgIpc) is 3.03. The number of carbonyl (C=O) groups excluding carboxylic acids is 1. The lowest BCUT2D eigenvalue weighted by molar-refractivity contribution is -0.123. The molecule has 0 fully saturated rings. The molecule has 0 aliphatic rings. The SMILES string of the molecule is CCc1ccc(OCC(=O)NCc2cc3c(=O)[nH]cnc3s2)cc1. The number of hydrogen-bond acceptors (Lipinski definition) is 5. The van der Waals surface area contributed by atoms with Crippen LogP contribution in [0.4, 0.5) is 0 Å². The van der Waals surface area contributed by atoms with Crippen LogP contribution in [-0.2, 0) is 17.8 Å². The van der Waals surface area contributed by atoms with Crippen molar-refractivity contribution in [2.45, 2.75) is 19.9 Å². The molecule has 0 aliphatic carbocycles. The minimum atomic E-state index is -0.214. The summed E-state index contributed by atoms with van der Waals surface area (Å²) in [7, 11) is 0. The minimum absolute atomic E-state index is 0.0464. The predicted octanol–water partition coefficient (Wildman–Crippen LogP) is 2.24. The van der Waals surface area contributed by atoms with E-state index < -0.39 is 0 Å². The van der Waals surface area contributed by atoms with E-state index in [-0.39, 0.29) is 18.1 Å². The van der Waals surface area contributed by atoms with Gasteiger partial charge in [-0.25, -0.2) is 4.98 Å². The number of hydrogen-bond donors (Lipinski definition) is 2. The van der Waals surface area contributed by atoms with Gasteiger partial charge in [0.1, 0.15) is 10.6 Å². The van der Waals surface area contributed by atoms with Gasteiger partial charge in [-0.1, -0.05) is 19.1 Å². The lowest BCUT2D eigenvalue weighted by atomic mass is 10.2. The summed E-state index contributed by atoms with van der Waals surface area (Å²) in [5.74, 6) is 0.453. The smallest absolute Gasteiger partial charge is 0.259 e. The minimum Gasteiger partial charge on any atom is -0.484 e. The number of benzene rings is 1. The van der Waals surface area contributed by atoms with E-state index in [1.165, 1.54) is 23.2 Å². The Kier molecular flexibility index (Phi) is 4.90. The van der Waals surface area contributed by atoms with Gasteiger partial charge in [0.05, 0.1) is 18.3 Å². The third-order valence-electron chi connectivity index (χ3n) is 3.55. The van der Waals surface area contributed by atoms with Gasteiger partial charge < -0.3 is 15.0 Å². The largest absolute Gasteiger partial charge is 0.484 e. The first-order chi connectivity index (χ1) is 11.7. The molecule has 3 aromatic rings. The van der Waals surface area contributed by atoms with E-state index in [0.717, 1.165) is 11.3 Å². The summed E-state index contributed by atoms with van der Waals surface area (Å²) in [5.41, 5.74) is 1.05. The number of carbonyl (C=O) groups is 1. The number of nitrogens with zero attached hydrogens (tertiary/aromatic N) is 1. The van der Waals surface area contributed by atoms with Crippen molar-refractivity contribution in [2.75, 3.05) is 6.61 Å². The summed E-state index contributed by atoms with van der Waals surface area (Å²) in [6.07, 6.45) is 2.34. The second kappa shape index (κ2) is 7.27. The normalized spacial score (nSPS) is 10.7. The summed E-state index contributed by atoms with van der Waals surface area (Å²) < 4.78 is 5.46. The molecule has 1 amide bonds. The van der Waals surface area contributed by atoms with Gasteiger partial charge in [-0.3, -0.25) is 9.59 Å². The van der Waals surface area contributed by atoms with Crippen LogP contribution in [0.5, 0.6) is 5.75 Å². The molecule has 0 saturated carbocycles. The molecule has 7 heteroatoms. The summed E-state index contributed by atoms with van der Waals surface area (Å²) in [4.78, 5) is 31.7. The zero-order valence-corrected chi connectivity index (χ0v) is 14.0. The molecule has 1 aromatic carbocycles. The molecule has 0 unspecified atom stereocenters. The molecule has 24 heavy (non-hydrogen) atoms. The second-order valence-electron chi connectivity index (χ2n) is 5.23. The molecule has 0 spiro atoms. The molecular formula is C17H17N3O3S. The fourth-order valence-corrected chi connectivity index (χ4v) is 3.15. The number of fused-ring (bicyclic) bond motifs is 1. The van der Waals surface area contributed by atoms with Gasteiger partial charge in [0.25, 0.3) is 11.5 Å². The average molecular weight is 343 g/mol. The Hall–Kier alpha value is -2.67. The van der Waals surface area contributed by atoms with E-state index in [1.54, 1.807) is 6.07 Å². The summed E-state index contributed by atoms with van der Waals surface area (Å²) >= 11 is 1.39. The number of aryl methyl sites for hydroxylation is 1. The van der Waals surface area contributed by atoms with Gasteiger partial charge in [0.15, 0.2) is 6.61 Å². The van der Waals surface area contributed by atoms with Crippen LogP contribution in [0.2, 0.25) is 0 Å². The molecule has 124 valence electrons. The molecule has 0 bridgehead atoms. The maximum Gasteiger partial charge on any atom is 0.259 e. The van der Waals surface area contributed by atoms with E-state index >= 15 is 0 Å². The Balaban J connectivity index is 1.52. The van der Waals surface area contributed by atoms with Gasteiger partial charge in [0.2, 0.25) is 0 Å². The molecule has 2 aromatic heterocycles. The van der Waals surface area contributed by atoms with Crippen LogP contribution in [0.25, 0.3) is 10.2 Å². The Morgan fingerprint density at radius 3 is 2.83 bits per heavy atom. The number of nitrogens with one attached hydrogen (secondary N) is 2. The predicted molar refractivity (Wildman–Crippen MR) is 93.4 cm³/mol. The number of amides is 1. The molecule has 0 aliphatic heterocycles. The highest BCUT2D eigenvalue weighted by Crippen LogP contribution is 2.20. The van der Waals surface area contributed by atoms with Crippen LogP contribution in [0.3, 0.4) is 0 Å². The van der Waals surface area contributed by atoms with Crippen molar-refractivity contribution in [1.82, 2.24) is 15.3 Å². The van der Waals surface area contributed by atoms with E-state index in [1.807, 2.05) is 24.3 Å². The summed E-state index contributed by atoms with van der Waals surface area (Å²) in [6, 6.07) is 9.42. The van der Waals surface area contributed by atoms with Gasteiger partial charge >= 0.3 is 0 Å². The third kappa shape index (κ3) is 3.80. The van der Waals surface area contributed by atoms with Crippen molar-refractivity contribution in [1.29, 1.82) is 0 Å². The van der Waals surface area contributed by atoms with Crippen molar-refractivity contribution < 1.29 is 9.53 Å². The molecule has 2 N–H and O–H groups in total. The van der Waals surface area contributed by atoms with Crippen LogP contribution < -0.4 is 15.6 Å². The van der Waals surface area contributed by atoms with Crippen LogP contribution in [0.1, 0.15) is 17.4 Å². The summed E-state index contributed by atoms with van der Waals surface area (Å²) in [5, 5.41) is 3.32. The Morgan fingerprint density at radius 2 is 2.12 bits per heavy atom. The first kappa shape index (κ1) is 16.2. The Bertz CT molecular complexity index is 899. The van der Waals surface area contributed by atoms with Crippen LogP contribution >= 0.6 is 11.3 Å². The van der Waals surface area contributed by atoms with Crippen LogP contribution in [0, 0.1) is 0 Å². The zero-order chi connectivity index (χ0) is 16.9. The molecule has 2 heterocycles. The highest BCUT2D eigenvalue weighted by molar-refractivity contribution is 7.18. The van der Waals surface area contributed by atoms with Crippen molar-refractivity contribution in [3.05, 3.63) is 57.5 Å². The van der Waals surface area contributed by atoms with E-state index in [9.17, 15) is 9.59 Å². The maximum absolute atomic E-state index is 11.9. The topological polar surface area (TPSA) is 84.1 Å². The zero-order valence-electron chi connectivity index (χ0n) is 13.2.